The molecular formula is C19H21FN4O5S2. The number of hydrogen-bond donors (Lipinski definition) is 1. The van der Waals surface area contributed by atoms with Gasteiger partial charge in [-0.25, -0.2) is 18.4 Å². The second-order valence-electron chi connectivity index (χ2n) is 6.10. The number of thiazole rings is 1. The van der Waals surface area contributed by atoms with Crippen molar-refractivity contribution in [1.82, 2.24) is 15.0 Å². The molecule has 0 saturated carbocycles. The Kier molecular flexibility index (Phi) is 7.36. The molecule has 0 saturated heterocycles. The van der Waals surface area contributed by atoms with Gasteiger partial charge in [-0.05, 0) is 32.0 Å². The summed E-state index contributed by atoms with van der Waals surface area (Å²) in [5.41, 5.74) is 0. The number of sulfone groups is 1. The van der Waals surface area contributed by atoms with Crippen LogP contribution in [0.15, 0.2) is 39.6 Å². The van der Waals surface area contributed by atoms with E-state index in [0.717, 1.165) is 11.3 Å². The summed E-state index contributed by atoms with van der Waals surface area (Å²) in [6.45, 7) is 4.19. The highest BCUT2D eigenvalue weighted by Crippen LogP contribution is 2.32. The minimum atomic E-state index is -3.82. The number of methoxy groups -OCH3 is 1. The minimum Gasteiger partial charge on any atom is -0.494 e. The molecule has 0 radical (unpaired) electrons. The first-order valence-corrected chi connectivity index (χ1v) is 11.5. The van der Waals surface area contributed by atoms with Crippen LogP contribution in [0.4, 0.5) is 15.3 Å². The quantitative estimate of drug-likeness (QED) is 0.447. The monoisotopic (exact) mass is 468 g/mol. The maximum atomic E-state index is 14.7. The molecule has 0 aliphatic rings. The van der Waals surface area contributed by atoms with E-state index in [1.807, 2.05) is 6.92 Å². The third-order valence-electron chi connectivity index (χ3n) is 3.86. The number of nitrogens with zero attached hydrogens (tertiary/aromatic N) is 3. The Morgan fingerprint density at radius 1 is 1.19 bits per heavy atom. The second-order valence-corrected chi connectivity index (χ2v) is 9.31. The number of halogens is 1. The molecule has 0 fully saturated rings. The molecule has 0 unspecified atom stereocenters. The standard InChI is InChI=1S/C19H21FN4O5S2/c1-4-28-13-6-5-7-14(10-13)31(25,26)15-11-21-19(30-15)24-17-16(20)18(23-12(2)22-17)29-9-8-27-3/h5-7,10-11H,4,8-9H2,1-3H3,(H,21,22,23,24). The van der Waals surface area contributed by atoms with Crippen LogP contribution in [0.3, 0.4) is 0 Å². The van der Waals surface area contributed by atoms with Crippen LogP contribution >= 0.6 is 11.3 Å². The summed E-state index contributed by atoms with van der Waals surface area (Å²) in [6.07, 6.45) is 1.21. The lowest BCUT2D eigenvalue weighted by Gasteiger charge is -2.10. The van der Waals surface area contributed by atoms with Crippen molar-refractivity contribution < 1.29 is 27.0 Å². The van der Waals surface area contributed by atoms with E-state index in [1.54, 1.807) is 19.1 Å². The number of aryl methyl sites for hydroxylation is 1. The third kappa shape index (κ3) is 5.46. The smallest absolute Gasteiger partial charge is 0.256 e. The fourth-order valence-electron chi connectivity index (χ4n) is 2.49. The number of hydrogen-bond acceptors (Lipinski definition) is 10. The topological polar surface area (TPSA) is 113 Å². The summed E-state index contributed by atoms with van der Waals surface area (Å²) in [4.78, 5) is 12.1. The molecule has 2 heterocycles. The predicted molar refractivity (Wildman–Crippen MR) is 113 cm³/mol. The summed E-state index contributed by atoms with van der Waals surface area (Å²) < 4.78 is 56.0. The predicted octanol–water partition coefficient (Wildman–Crippen LogP) is 3.38. The molecule has 2 aromatic heterocycles. The lowest BCUT2D eigenvalue weighted by molar-refractivity contribution is 0.140. The highest BCUT2D eigenvalue weighted by atomic mass is 32.2. The van der Waals surface area contributed by atoms with Crippen LogP contribution < -0.4 is 14.8 Å². The lowest BCUT2D eigenvalue weighted by atomic mass is 10.3. The van der Waals surface area contributed by atoms with Crippen LogP contribution in [-0.4, -0.2) is 50.3 Å². The Morgan fingerprint density at radius 3 is 2.74 bits per heavy atom. The van der Waals surface area contributed by atoms with Gasteiger partial charge in [0.25, 0.3) is 5.88 Å². The van der Waals surface area contributed by atoms with Gasteiger partial charge in [-0.2, -0.15) is 9.37 Å². The lowest BCUT2D eigenvalue weighted by Crippen LogP contribution is -2.10. The second kappa shape index (κ2) is 9.98. The Labute approximate surface area is 183 Å². The fourth-order valence-corrected chi connectivity index (χ4v) is 4.96. The van der Waals surface area contributed by atoms with Gasteiger partial charge in [0.15, 0.2) is 10.9 Å². The maximum Gasteiger partial charge on any atom is 0.256 e. The molecule has 0 amide bonds. The number of benzene rings is 1. The first kappa shape index (κ1) is 22.8. The van der Waals surface area contributed by atoms with Crippen LogP contribution in [0.25, 0.3) is 0 Å². The van der Waals surface area contributed by atoms with Gasteiger partial charge >= 0.3 is 0 Å². The Morgan fingerprint density at radius 2 is 2.00 bits per heavy atom. The van der Waals surface area contributed by atoms with Crippen LogP contribution in [-0.2, 0) is 14.6 Å². The number of ether oxygens (including phenoxy) is 3. The average Bonchev–Trinajstić information content (AvgIpc) is 3.21. The summed E-state index contributed by atoms with van der Waals surface area (Å²) in [5.74, 6) is -0.495. The Bertz CT molecular complexity index is 1150. The normalized spacial score (nSPS) is 11.4. The van der Waals surface area contributed by atoms with Gasteiger partial charge in [-0.3, -0.25) is 0 Å². The van der Waals surface area contributed by atoms with Crippen LogP contribution in [0.1, 0.15) is 12.7 Å². The molecule has 0 aliphatic carbocycles. The summed E-state index contributed by atoms with van der Waals surface area (Å²) in [7, 11) is -2.32. The highest BCUT2D eigenvalue weighted by molar-refractivity contribution is 7.93. The van der Waals surface area contributed by atoms with Crippen molar-refractivity contribution in [2.24, 2.45) is 0 Å². The zero-order valence-electron chi connectivity index (χ0n) is 17.1. The van der Waals surface area contributed by atoms with E-state index >= 15 is 0 Å². The number of anilines is 2. The van der Waals surface area contributed by atoms with Crippen molar-refractivity contribution in [1.29, 1.82) is 0 Å². The Hall–Kier alpha value is -2.83. The van der Waals surface area contributed by atoms with E-state index in [0.29, 0.717) is 12.4 Å². The average molecular weight is 469 g/mol. The summed E-state index contributed by atoms with van der Waals surface area (Å²) in [6, 6.07) is 6.20. The van der Waals surface area contributed by atoms with Crippen molar-refractivity contribution in [2.75, 3.05) is 32.2 Å². The molecule has 3 aromatic rings. The molecule has 0 bridgehead atoms. The molecular weight excluding hydrogens is 447 g/mol. The van der Waals surface area contributed by atoms with Gasteiger partial charge in [0, 0.05) is 7.11 Å². The Balaban J connectivity index is 1.84. The molecule has 0 aliphatic heterocycles. The fraction of sp³-hybridized carbons (Fsp3) is 0.316. The maximum absolute atomic E-state index is 14.7. The SMILES string of the molecule is CCOc1cccc(S(=O)(=O)c2cnc(Nc3nc(C)nc(OCCOC)c3F)s2)c1. The van der Waals surface area contributed by atoms with E-state index in [1.165, 1.54) is 25.4 Å². The van der Waals surface area contributed by atoms with Crippen molar-refractivity contribution in [3.8, 4) is 11.6 Å². The van der Waals surface area contributed by atoms with Gasteiger partial charge in [0.2, 0.25) is 15.7 Å². The van der Waals surface area contributed by atoms with Gasteiger partial charge in [0.1, 0.15) is 22.4 Å². The highest BCUT2D eigenvalue weighted by Gasteiger charge is 2.23. The molecule has 0 spiro atoms. The van der Waals surface area contributed by atoms with Crippen molar-refractivity contribution in [3.05, 3.63) is 42.1 Å². The molecule has 166 valence electrons. The molecule has 1 N–H and O–H groups in total. The third-order valence-corrected chi connectivity index (χ3v) is 6.99. The van der Waals surface area contributed by atoms with Crippen LogP contribution in [0, 0.1) is 12.7 Å². The first-order valence-electron chi connectivity index (χ1n) is 9.21. The van der Waals surface area contributed by atoms with Crippen molar-refractivity contribution in [3.63, 3.8) is 0 Å². The molecule has 0 atom stereocenters. The van der Waals surface area contributed by atoms with Crippen LogP contribution in [0.5, 0.6) is 11.6 Å². The molecule has 12 heteroatoms. The minimum absolute atomic E-state index is 0.00796. The number of rotatable bonds is 10. The summed E-state index contributed by atoms with van der Waals surface area (Å²) in [5, 5.41) is 2.85. The molecule has 31 heavy (non-hydrogen) atoms. The van der Waals surface area contributed by atoms with E-state index in [9.17, 15) is 12.8 Å². The summed E-state index contributed by atoms with van der Waals surface area (Å²) >= 11 is 0.852. The van der Waals surface area contributed by atoms with Crippen molar-refractivity contribution >= 4 is 32.1 Å². The van der Waals surface area contributed by atoms with Gasteiger partial charge in [0.05, 0.1) is 24.3 Å². The van der Waals surface area contributed by atoms with E-state index < -0.39 is 15.7 Å². The van der Waals surface area contributed by atoms with Crippen LogP contribution in [0.2, 0.25) is 0 Å². The number of aromatic nitrogens is 3. The van der Waals surface area contributed by atoms with Gasteiger partial charge < -0.3 is 19.5 Å². The van der Waals surface area contributed by atoms with E-state index in [2.05, 4.69) is 20.3 Å². The van der Waals surface area contributed by atoms with Crippen molar-refractivity contribution in [2.45, 2.75) is 23.0 Å². The van der Waals surface area contributed by atoms with Gasteiger partial charge in [-0.15, -0.1) is 0 Å². The molecule has 9 nitrogen and oxygen atoms in total. The first-order chi connectivity index (χ1) is 14.8. The molecule has 3 rings (SSSR count). The van der Waals surface area contributed by atoms with Gasteiger partial charge in [-0.1, -0.05) is 17.4 Å². The number of nitrogens with one attached hydrogen (secondary N) is 1. The zero-order valence-corrected chi connectivity index (χ0v) is 18.7. The largest absolute Gasteiger partial charge is 0.494 e. The zero-order chi connectivity index (χ0) is 22.4. The molecule has 1 aromatic carbocycles. The van der Waals surface area contributed by atoms with E-state index in [-0.39, 0.29) is 45.0 Å². The van der Waals surface area contributed by atoms with E-state index in [4.69, 9.17) is 14.2 Å².